The summed E-state index contributed by atoms with van der Waals surface area (Å²) in [5.41, 5.74) is 0. The van der Waals surface area contributed by atoms with E-state index in [0.29, 0.717) is 6.42 Å². The highest BCUT2D eigenvalue weighted by Crippen LogP contribution is 2.51. The number of Topliss-reactive ketones (excluding diaryl/α,β-unsaturated/α-hetero) is 1. The molecule has 0 aromatic carbocycles. The number of carboxylic acids is 1. The maximum atomic E-state index is 11.3. The number of carbonyl (C=O) groups is 2. The predicted octanol–water partition coefficient (Wildman–Crippen LogP) is 2.25. The van der Waals surface area contributed by atoms with Crippen molar-refractivity contribution in [1.82, 2.24) is 0 Å². The van der Waals surface area contributed by atoms with Crippen LogP contribution in [0.15, 0.2) is 0 Å². The Morgan fingerprint density at radius 2 is 1.67 bits per heavy atom. The van der Waals surface area contributed by atoms with Gasteiger partial charge in [-0.15, -0.1) is 0 Å². The molecule has 84 valence electrons. The lowest BCUT2D eigenvalue weighted by Crippen LogP contribution is -2.11. The topological polar surface area (TPSA) is 54.4 Å². The molecule has 2 saturated carbocycles. The van der Waals surface area contributed by atoms with Crippen LogP contribution in [-0.2, 0) is 9.59 Å². The van der Waals surface area contributed by atoms with Crippen LogP contribution < -0.4 is 0 Å². The minimum absolute atomic E-state index is 0.103. The molecule has 0 bridgehead atoms. The summed E-state index contributed by atoms with van der Waals surface area (Å²) in [7, 11) is 0. The third-order valence-corrected chi connectivity index (χ3v) is 3.56. The Kier molecular flexibility index (Phi) is 3.08. The fourth-order valence-corrected chi connectivity index (χ4v) is 2.49. The van der Waals surface area contributed by atoms with E-state index in [-0.39, 0.29) is 12.2 Å². The van der Waals surface area contributed by atoms with Gasteiger partial charge in [0.2, 0.25) is 0 Å². The number of carboxylic acid groups (broad SMARTS) is 1. The van der Waals surface area contributed by atoms with Crippen LogP contribution in [0.5, 0.6) is 0 Å². The van der Waals surface area contributed by atoms with Gasteiger partial charge >= 0.3 is 5.97 Å². The zero-order chi connectivity index (χ0) is 10.8. The number of aliphatic carboxylic acids is 1. The van der Waals surface area contributed by atoms with Crippen molar-refractivity contribution in [2.75, 3.05) is 0 Å². The average molecular weight is 210 g/mol. The molecule has 2 aliphatic carbocycles. The van der Waals surface area contributed by atoms with E-state index in [0.717, 1.165) is 24.2 Å². The molecule has 2 rings (SSSR count). The first-order chi connectivity index (χ1) is 7.16. The van der Waals surface area contributed by atoms with E-state index in [2.05, 4.69) is 0 Å². The van der Waals surface area contributed by atoms with Crippen LogP contribution in [0.1, 0.15) is 44.9 Å². The fraction of sp³-hybridized carbons (Fsp3) is 0.833. The molecule has 0 amide bonds. The van der Waals surface area contributed by atoms with Gasteiger partial charge in [-0.1, -0.05) is 0 Å². The maximum Gasteiger partial charge on any atom is 0.310 e. The number of ketones is 1. The van der Waals surface area contributed by atoms with Gasteiger partial charge in [0.05, 0.1) is 0 Å². The quantitative estimate of drug-likeness (QED) is 0.656. The monoisotopic (exact) mass is 210 g/mol. The molecule has 0 saturated heterocycles. The number of hydrogen-bond donors (Lipinski definition) is 1. The van der Waals surface area contributed by atoms with E-state index in [9.17, 15) is 9.59 Å². The molecule has 0 spiro atoms. The normalized spacial score (nSPS) is 20.6. The molecule has 0 aromatic heterocycles. The Morgan fingerprint density at radius 3 is 2.07 bits per heavy atom. The summed E-state index contributed by atoms with van der Waals surface area (Å²) in [6.07, 6.45) is 6.43. The largest absolute Gasteiger partial charge is 0.481 e. The molecule has 1 N–H and O–H groups in total. The van der Waals surface area contributed by atoms with E-state index < -0.39 is 5.97 Å². The van der Waals surface area contributed by atoms with Crippen LogP contribution in [0.4, 0.5) is 0 Å². The van der Waals surface area contributed by atoms with Crippen LogP contribution in [-0.4, -0.2) is 16.9 Å². The van der Waals surface area contributed by atoms with Crippen molar-refractivity contribution in [1.29, 1.82) is 0 Å². The van der Waals surface area contributed by atoms with Crippen molar-refractivity contribution < 1.29 is 14.7 Å². The highest BCUT2D eigenvalue weighted by atomic mass is 16.4. The average Bonchev–Trinajstić information content (AvgIpc) is 2.99. The van der Waals surface area contributed by atoms with Gasteiger partial charge in [0, 0.05) is 6.42 Å². The SMILES string of the molecule is O=C(O)CC(=O)CCC(C1CC1)C1CC1. The predicted molar refractivity (Wildman–Crippen MR) is 55.4 cm³/mol. The van der Waals surface area contributed by atoms with Crippen molar-refractivity contribution >= 4 is 11.8 Å². The molecule has 2 aliphatic rings. The van der Waals surface area contributed by atoms with Gasteiger partial charge < -0.3 is 5.11 Å². The second kappa shape index (κ2) is 4.33. The van der Waals surface area contributed by atoms with Gasteiger partial charge in [0.25, 0.3) is 0 Å². The first kappa shape index (κ1) is 10.7. The van der Waals surface area contributed by atoms with Crippen molar-refractivity contribution in [2.45, 2.75) is 44.9 Å². The van der Waals surface area contributed by atoms with Crippen LogP contribution in [0.3, 0.4) is 0 Å². The summed E-state index contributed by atoms with van der Waals surface area (Å²) in [4.78, 5) is 21.6. The molecule has 0 aromatic rings. The molecule has 3 heteroatoms. The second-order valence-electron chi connectivity index (χ2n) is 4.99. The Labute approximate surface area is 89.9 Å². The molecule has 2 fully saturated rings. The van der Waals surface area contributed by atoms with Gasteiger partial charge in [-0.05, 0) is 49.9 Å². The first-order valence-electron chi connectivity index (χ1n) is 5.90. The number of hydrogen-bond acceptors (Lipinski definition) is 2. The van der Waals surface area contributed by atoms with Gasteiger partial charge in [0.15, 0.2) is 0 Å². The van der Waals surface area contributed by atoms with E-state index in [1.54, 1.807) is 0 Å². The molecule has 0 heterocycles. The summed E-state index contributed by atoms with van der Waals surface area (Å²) in [6.45, 7) is 0. The Balaban J connectivity index is 1.70. The number of carbonyl (C=O) groups excluding carboxylic acids is 1. The van der Waals surface area contributed by atoms with E-state index in [1.165, 1.54) is 25.7 Å². The third kappa shape index (κ3) is 3.33. The smallest absolute Gasteiger partial charge is 0.310 e. The highest BCUT2D eigenvalue weighted by Gasteiger charge is 2.40. The van der Waals surface area contributed by atoms with Crippen LogP contribution >= 0.6 is 0 Å². The van der Waals surface area contributed by atoms with Gasteiger partial charge in [0.1, 0.15) is 12.2 Å². The van der Waals surface area contributed by atoms with E-state index in [1.807, 2.05) is 0 Å². The number of rotatable bonds is 7. The van der Waals surface area contributed by atoms with Crippen molar-refractivity contribution in [2.24, 2.45) is 17.8 Å². The highest BCUT2D eigenvalue weighted by molar-refractivity contribution is 5.94. The summed E-state index contributed by atoms with van der Waals surface area (Å²) in [6, 6.07) is 0. The Bertz CT molecular complexity index is 252. The molecule has 0 unspecified atom stereocenters. The lowest BCUT2D eigenvalue weighted by molar-refractivity contribution is -0.140. The molecular weight excluding hydrogens is 192 g/mol. The van der Waals surface area contributed by atoms with Crippen molar-refractivity contribution in [3.05, 3.63) is 0 Å². The molecule has 0 atom stereocenters. The Morgan fingerprint density at radius 1 is 1.13 bits per heavy atom. The molecule has 3 nitrogen and oxygen atoms in total. The summed E-state index contributed by atoms with van der Waals surface area (Å²) < 4.78 is 0. The Hall–Kier alpha value is -0.860. The molecule has 15 heavy (non-hydrogen) atoms. The molecule has 0 aliphatic heterocycles. The zero-order valence-electron chi connectivity index (χ0n) is 8.95. The standard InChI is InChI=1S/C12H18O3/c13-10(7-12(14)15)5-6-11(8-1-2-8)9-3-4-9/h8-9,11H,1-7H2,(H,14,15). The van der Waals surface area contributed by atoms with Crippen LogP contribution in [0, 0.1) is 17.8 Å². The third-order valence-electron chi connectivity index (χ3n) is 3.56. The van der Waals surface area contributed by atoms with Crippen LogP contribution in [0.2, 0.25) is 0 Å². The van der Waals surface area contributed by atoms with E-state index in [4.69, 9.17) is 5.11 Å². The summed E-state index contributed by atoms with van der Waals surface area (Å²) in [5.74, 6) is 1.34. The fourth-order valence-electron chi connectivity index (χ4n) is 2.49. The summed E-state index contributed by atoms with van der Waals surface area (Å²) >= 11 is 0. The first-order valence-corrected chi connectivity index (χ1v) is 5.90. The van der Waals surface area contributed by atoms with Crippen LogP contribution in [0.25, 0.3) is 0 Å². The summed E-state index contributed by atoms with van der Waals surface area (Å²) in [5, 5.41) is 8.47. The maximum absolute atomic E-state index is 11.3. The lowest BCUT2D eigenvalue weighted by Gasteiger charge is -2.13. The van der Waals surface area contributed by atoms with E-state index >= 15 is 0 Å². The minimum Gasteiger partial charge on any atom is -0.481 e. The van der Waals surface area contributed by atoms with Crippen molar-refractivity contribution in [3.8, 4) is 0 Å². The zero-order valence-corrected chi connectivity index (χ0v) is 8.95. The molecular formula is C12H18O3. The molecule has 0 radical (unpaired) electrons. The van der Waals surface area contributed by atoms with Gasteiger partial charge in [-0.25, -0.2) is 0 Å². The van der Waals surface area contributed by atoms with Gasteiger partial charge in [-0.3, -0.25) is 9.59 Å². The minimum atomic E-state index is -0.991. The lowest BCUT2D eigenvalue weighted by atomic mass is 9.91. The van der Waals surface area contributed by atoms with Crippen molar-refractivity contribution in [3.63, 3.8) is 0 Å². The van der Waals surface area contributed by atoms with Gasteiger partial charge in [-0.2, -0.15) is 0 Å². The second-order valence-corrected chi connectivity index (χ2v) is 4.99.